The van der Waals surface area contributed by atoms with E-state index in [1.165, 1.54) is 5.56 Å². The third-order valence-corrected chi connectivity index (χ3v) is 3.12. The van der Waals surface area contributed by atoms with Crippen LogP contribution >= 0.6 is 0 Å². The van der Waals surface area contributed by atoms with Crippen molar-refractivity contribution in [2.45, 2.75) is 25.3 Å². The van der Waals surface area contributed by atoms with E-state index in [4.69, 9.17) is 10.6 Å². The summed E-state index contributed by atoms with van der Waals surface area (Å²) in [4.78, 5) is 0. The first kappa shape index (κ1) is 11.6. The Labute approximate surface area is 95.9 Å². The molecule has 1 aliphatic rings. The van der Waals surface area contributed by atoms with Gasteiger partial charge in [0.1, 0.15) is 0 Å². The average Bonchev–Trinajstić information content (AvgIpc) is 2.89. The van der Waals surface area contributed by atoms with Crippen molar-refractivity contribution < 1.29 is 4.74 Å². The van der Waals surface area contributed by atoms with Crippen LogP contribution in [0.3, 0.4) is 0 Å². The predicted molar refractivity (Wildman–Crippen MR) is 61.6 cm³/mol. The van der Waals surface area contributed by atoms with Crippen LogP contribution < -0.4 is 11.3 Å². The van der Waals surface area contributed by atoms with Gasteiger partial charge in [0, 0.05) is 32.5 Å². The Hall–Kier alpha value is -0.910. The monoisotopic (exact) mass is 224 g/mol. The van der Waals surface area contributed by atoms with Gasteiger partial charge in [-0.25, -0.2) is 0 Å². The molecule has 2 unspecified atom stereocenters. The Morgan fingerprint density at radius 2 is 2.62 bits per heavy atom. The highest BCUT2D eigenvalue weighted by atomic mass is 16.5. The SMILES string of the molecule is Cn1cc(CC(CC2CCOC2)NN)cn1. The van der Waals surface area contributed by atoms with Gasteiger partial charge in [0.15, 0.2) is 0 Å². The van der Waals surface area contributed by atoms with E-state index >= 15 is 0 Å². The molecule has 2 heterocycles. The van der Waals surface area contributed by atoms with Crippen LogP contribution in [-0.2, 0) is 18.2 Å². The summed E-state index contributed by atoms with van der Waals surface area (Å²) in [6.45, 7) is 1.78. The van der Waals surface area contributed by atoms with Gasteiger partial charge in [-0.2, -0.15) is 5.10 Å². The highest BCUT2D eigenvalue weighted by molar-refractivity contribution is 5.05. The summed E-state index contributed by atoms with van der Waals surface area (Å²) >= 11 is 0. The van der Waals surface area contributed by atoms with Crippen LogP contribution in [0.5, 0.6) is 0 Å². The molecule has 1 aromatic heterocycles. The fourth-order valence-corrected chi connectivity index (χ4v) is 2.24. The second kappa shape index (κ2) is 5.43. The fourth-order valence-electron chi connectivity index (χ4n) is 2.24. The first-order chi connectivity index (χ1) is 7.78. The molecule has 1 aliphatic heterocycles. The molecule has 0 aromatic carbocycles. The molecule has 0 radical (unpaired) electrons. The molecule has 1 aromatic rings. The first-order valence-electron chi connectivity index (χ1n) is 5.79. The maximum absolute atomic E-state index is 5.59. The van der Waals surface area contributed by atoms with Crippen LogP contribution in [0.25, 0.3) is 0 Å². The van der Waals surface area contributed by atoms with Crippen LogP contribution in [0.4, 0.5) is 0 Å². The van der Waals surface area contributed by atoms with Crippen LogP contribution in [-0.4, -0.2) is 29.0 Å². The van der Waals surface area contributed by atoms with E-state index in [-0.39, 0.29) is 0 Å². The van der Waals surface area contributed by atoms with Crippen LogP contribution in [0.2, 0.25) is 0 Å². The second-order valence-corrected chi connectivity index (χ2v) is 4.56. The molecule has 16 heavy (non-hydrogen) atoms. The zero-order valence-corrected chi connectivity index (χ0v) is 9.72. The summed E-state index contributed by atoms with van der Waals surface area (Å²) in [5.41, 5.74) is 4.12. The molecule has 5 nitrogen and oxygen atoms in total. The molecule has 0 amide bonds. The minimum Gasteiger partial charge on any atom is -0.381 e. The summed E-state index contributed by atoms with van der Waals surface area (Å²) in [6.07, 6.45) is 7.10. The minimum atomic E-state index is 0.316. The topological polar surface area (TPSA) is 65.1 Å². The number of ether oxygens (including phenoxy) is 1. The largest absolute Gasteiger partial charge is 0.381 e. The third kappa shape index (κ3) is 3.04. The number of hydrazine groups is 1. The van der Waals surface area contributed by atoms with Crippen LogP contribution in [0.15, 0.2) is 12.4 Å². The minimum absolute atomic E-state index is 0.316. The molecule has 1 saturated heterocycles. The number of nitrogens with zero attached hydrogens (tertiary/aromatic N) is 2. The summed E-state index contributed by atoms with van der Waals surface area (Å²) < 4.78 is 7.19. The fraction of sp³-hybridized carbons (Fsp3) is 0.727. The van der Waals surface area contributed by atoms with Crippen LogP contribution in [0.1, 0.15) is 18.4 Å². The number of rotatable bonds is 5. The molecule has 0 aliphatic carbocycles. The number of aromatic nitrogens is 2. The maximum Gasteiger partial charge on any atom is 0.0522 e. The Bertz CT molecular complexity index is 320. The highest BCUT2D eigenvalue weighted by Crippen LogP contribution is 2.19. The lowest BCUT2D eigenvalue weighted by atomic mass is 9.96. The molecular formula is C11H20N4O. The van der Waals surface area contributed by atoms with Crippen molar-refractivity contribution in [2.24, 2.45) is 18.8 Å². The summed E-state index contributed by atoms with van der Waals surface area (Å²) in [6, 6.07) is 0.316. The van der Waals surface area contributed by atoms with Crippen molar-refractivity contribution >= 4 is 0 Å². The standard InChI is InChI=1S/C11H20N4O/c1-15-7-10(6-13-15)5-11(14-12)4-9-2-3-16-8-9/h6-7,9,11,14H,2-5,8,12H2,1H3. The quantitative estimate of drug-likeness (QED) is 0.555. The van der Waals surface area contributed by atoms with Gasteiger partial charge in [-0.15, -0.1) is 0 Å². The van der Waals surface area contributed by atoms with E-state index in [0.717, 1.165) is 32.5 Å². The van der Waals surface area contributed by atoms with Gasteiger partial charge >= 0.3 is 0 Å². The van der Waals surface area contributed by atoms with Gasteiger partial charge in [0.2, 0.25) is 0 Å². The van der Waals surface area contributed by atoms with Crippen LogP contribution in [0, 0.1) is 5.92 Å². The van der Waals surface area contributed by atoms with Gasteiger partial charge in [0.25, 0.3) is 0 Å². The van der Waals surface area contributed by atoms with Gasteiger partial charge < -0.3 is 4.74 Å². The van der Waals surface area contributed by atoms with Gasteiger partial charge in [0.05, 0.1) is 6.20 Å². The molecule has 2 atom stereocenters. The molecule has 3 N–H and O–H groups in total. The molecular weight excluding hydrogens is 204 g/mol. The summed E-state index contributed by atoms with van der Waals surface area (Å²) in [5, 5.41) is 4.16. The van der Waals surface area contributed by atoms with Gasteiger partial charge in [-0.3, -0.25) is 16.0 Å². The lowest BCUT2D eigenvalue weighted by Crippen LogP contribution is -2.38. The van der Waals surface area contributed by atoms with Gasteiger partial charge in [-0.1, -0.05) is 0 Å². The summed E-state index contributed by atoms with van der Waals surface area (Å²) in [7, 11) is 1.93. The Kier molecular flexibility index (Phi) is 3.93. The van der Waals surface area contributed by atoms with Crippen molar-refractivity contribution in [2.75, 3.05) is 13.2 Å². The smallest absolute Gasteiger partial charge is 0.0522 e. The van der Waals surface area contributed by atoms with Crippen molar-refractivity contribution in [3.8, 4) is 0 Å². The molecule has 5 heteroatoms. The lowest BCUT2D eigenvalue weighted by Gasteiger charge is -2.18. The maximum atomic E-state index is 5.59. The van der Waals surface area contributed by atoms with Crippen molar-refractivity contribution in [3.63, 3.8) is 0 Å². The third-order valence-electron chi connectivity index (χ3n) is 3.12. The van der Waals surface area contributed by atoms with E-state index in [9.17, 15) is 0 Å². The van der Waals surface area contributed by atoms with Gasteiger partial charge in [-0.05, 0) is 30.7 Å². The second-order valence-electron chi connectivity index (χ2n) is 4.56. The molecule has 2 rings (SSSR count). The zero-order valence-electron chi connectivity index (χ0n) is 9.72. The Morgan fingerprint density at radius 1 is 1.75 bits per heavy atom. The molecule has 90 valence electrons. The van der Waals surface area contributed by atoms with Crippen molar-refractivity contribution in [1.82, 2.24) is 15.2 Å². The number of aryl methyl sites for hydroxylation is 1. The molecule has 0 spiro atoms. The predicted octanol–water partition coefficient (Wildman–Crippen LogP) is 0.221. The molecule has 0 bridgehead atoms. The summed E-state index contributed by atoms with van der Waals surface area (Å²) in [5.74, 6) is 6.24. The van der Waals surface area contributed by atoms with E-state index in [0.29, 0.717) is 12.0 Å². The van der Waals surface area contributed by atoms with Crippen molar-refractivity contribution in [3.05, 3.63) is 18.0 Å². The highest BCUT2D eigenvalue weighted by Gasteiger charge is 2.20. The number of hydrogen-bond acceptors (Lipinski definition) is 4. The van der Waals surface area contributed by atoms with Crippen molar-refractivity contribution in [1.29, 1.82) is 0 Å². The van der Waals surface area contributed by atoms with E-state index in [1.807, 2.05) is 24.1 Å². The number of nitrogens with two attached hydrogens (primary N) is 1. The number of hydrogen-bond donors (Lipinski definition) is 2. The average molecular weight is 224 g/mol. The molecule has 1 fully saturated rings. The van der Waals surface area contributed by atoms with E-state index in [1.54, 1.807) is 0 Å². The molecule has 0 saturated carbocycles. The normalized spacial score (nSPS) is 22.5. The zero-order chi connectivity index (χ0) is 11.4. The lowest BCUT2D eigenvalue weighted by molar-refractivity contribution is 0.181. The first-order valence-corrected chi connectivity index (χ1v) is 5.79. The Morgan fingerprint density at radius 3 is 3.19 bits per heavy atom. The number of nitrogens with one attached hydrogen (secondary N) is 1. The van der Waals surface area contributed by atoms with E-state index in [2.05, 4.69) is 10.5 Å². The van der Waals surface area contributed by atoms with E-state index < -0.39 is 0 Å². The Balaban J connectivity index is 1.84.